The van der Waals surface area contributed by atoms with Crippen LogP contribution < -0.4 is 0 Å². The van der Waals surface area contributed by atoms with Gasteiger partial charge in [0, 0.05) is 6.92 Å². The molecule has 0 bridgehead atoms. The molecule has 3 heteroatoms. The third kappa shape index (κ3) is 3.38. The van der Waals surface area contributed by atoms with E-state index in [9.17, 15) is 9.90 Å². The van der Waals surface area contributed by atoms with E-state index in [2.05, 4.69) is 27.7 Å². The standard InChI is InChI=1S/C26H44O3/c1-6-7-16(2)21-10-11-22-20-9-8-18-14-19(29-17(3)27)12-13-25(18,4)23(20)15-24(28)26(21,22)5/h16,18-24,28H,6-15H2,1-5H3/t16-,18-,19-,20+,21?,22+,23+,24+,25+,26-/m1/s1. The van der Waals surface area contributed by atoms with E-state index in [1.165, 1.54) is 38.5 Å². The number of aliphatic hydroxyl groups is 1. The first kappa shape index (κ1) is 21.7. The lowest BCUT2D eigenvalue weighted by atomic mass is 9.43. The molecule has 29 heavy (non-hydrogen) atoms. The Balaban J connectivity index is 1.55. The predicted octanol–water partition coefficient (Wildman–Crippen LogP) is 5.98. The molecule has 0 spiro atoms. The molecule has 0 radical (unpaired) electrons. The maximum atomic E-state index is 11.6. The summed E-state index contributed by atoms with van der Waals surface area (Å²) in [5.41, 5.74) is 0.433. The van der Waals surface area contributed by atoms with Gasteiger partial charge in [0.15, 0.2) is 0 Å². The van der Waals surface area contributed by atoms with Crippen LogP contribution in [0.3, 0.4) is 0 Å². The maximum Gasteiger partial charge on any atom is 0.302 e. The second-order valence-electron chi connectivity index (χ2n) is 11.7. The fourth-order valence-electron chi connectivity index (χ4n) is 9.14. The summed E-state index contributed by atoms with van der Waals surface area (Å²) in [6, 6.07) is 0. The fraction of sp³-hybridized carbons (Fsp3) is 0.962. The molecule has 4 saturated carbocycles. The van der Waals surface area contributed by atoms with Crippen molar-refractivity contribution in [1.29, 1.82) is 0 Å². The van der Waals surface area contributed by atoms with Crippen molar-refractivity contribution >= 4 is 5.97 Å². The van der Waals surface area contributed by atoms with Gasteiger partial charge in [0.2, 0.25) is 0 Å². The Morgan fingerprint density at radius 3 is 2.55 bits per heavy atom. The molecule has 0 aromatic heterocycles. The predicted molar refractivity (Wildman–Crippen MR) is 116 cm³/mol. The van der Waals surface area contributed by atoms with Crippen LogP contribution in [0.15, 0.2) is 0 Å². The summed E-state index contributed by atoms with van der Waals surface area (Å²) in [6.45, 7) is 11.2. The van der Waals surface area contributed by atoms with E-state index >= 15 is 0 Å². The van der Waals surface area contributed by atoms with Gasteiger partial charge in [-0.3, -0.25) is 4.79 Å². The maximum absolute atomic E-state index is 11.6. The number of carbonyl (C=O) groups is 1. The molecule has 0 heterocycles. The molecule has 4 aliphatic carbocycles. The van der Waals surface area contributed by atoms with Gasteiger partial charge in [0.1, 0.15) is 6.10 Å². The molecule has 4 rings (SSSR count). The minimum atomic E-state index is -0.151. The molecule has 1 unspecified atom stereocenters. The van der Waals surface area contributed by atoms with Gasteiger partial charge in [-0.25, -0.2) is 0 Å². The molecule has 4 fully saturated rings. The largest absolute Gasteiger partial charge is 0.463 e. The van der Waals surface area contributed by atoms with Crippen LogP contribution in [0.5, 0.6) is 0 Å². The zero-order valence-corrected chi connectivity index (χ0v) is 19.5. The number of hydrogen-bond acceptors (Lipinski definition) is 3. The first-order valence-electron chi connectivity index (χ1n) is 12.6. The van der Waals surface area contributed by atoms with E-state index in [0.29, 0.717) is 29.1 Å². The third-order valence-electron chi connectivity index (χ3n) is 10.6. The Bertz CT molecular complexity index is 617. The summed E-state index contributed by atoms with van der Waals surface area (Å²) in [7, 11) is 0. The summed E-state index contributed by atoms with van der Waals surface area (Å²) in [6.07, 6.45) is 12.0. The van der Waals surface area contributed by atoms with Crippen molar-refractivity contribution < 1.29 is 14.6 Å². The van der Waals surface area contributed by atoms with Crippen molar-refractivity contribution in [1.82, 2.24) is 0 Å². The quantitative estimate of drug-likeness (QED) is 0.586. The second-order valence-corrected chi connectivity index (χ2v) is 11.7. The normalized spacial score (nSPS) is 50.2. The van der Waals surface area contributed by atoms with E-state index < -0.39 is 0 Å². The first-order chi connectivity index (χ1) is 13.7. The molecular weight excluding hydrogens is 360 g/mol. The van der Waals surface area contributed by atoms with Gasteiger partial charge in [0.05, 0.1) is 6.10 Å². The molecular formula is C26H44O3. The Morgan fingerprint density at radius 2 is 1.86 bits per heavy atom. The highest BCUT2D eigenvalue weighted by molar-refractivity contribution is 5.66. The molecule has 0 aromatic rings. The second kappa shape index (κ2) is 7.84. The lowest BCUT2D eigenvalue weighted by molar-refractivity contribution is -0.181. The average molecular weight is 405 g/mol. The highest BCUT2D eigenvalue weighted by Gasteiger charge is 2.63. The highest BCUT2D eigenvalue weighted by Crippen LogP contribution is 2.68. The van der Waals surface area contributed by atoms with Crippen LogP contribution in [-0.2, 0) is 9.53 Å². The van der Waals surface area contributed by atoms with Crippen molar-refractivity contribution in [2.45, 2.75) is 111 Å². The molecule has 0 aliphatic heterocycles. The molecule has 0 saturated heterocycles. The van der Waals surface area contributed by atoms with Gasteiger partial charge in [0.25, 0.3) is 0 Å². The summed E-state index contributed by atoms with van der Waals surface area (Å²) in [5, 5.41) is 11.6. The van der Waals surface area contributed by atoms with Crippen LogP contribution >= 0.6 is 0 Å². The van der Waals surface area contributed by atoms with Gasteiger partial charge in [-0.1, -0.05) is 40.5 Å². The monoisotopic (exact) mass is 404 g/mol. The average Bonchev–Trinajstić information content (AvgIpc) is 3.02. The number of ether oxygens (including phenoxy) is 1. The van der Waals surface area contributed by atoms with E-state index in [1.807, 2.05) is 0 Å². The van der Waals surface area contributed by atoms with Gasteiger partial charge in [-0.15, -0.1) is 0 Å². The summed E-state index contributed by atoms with van der Waals surface area (Å²) in [4.78, 5) is 11.5. The minimum Gasteiger partial charge on any atom is -0.463 e. The molecule has 1 N–H and O–H groups in total. The number of rotatable bonds is 4. The Hall–Kier alpha value is -0.570. The van der Waals surface area contributed by atoms with E-state index in [1.54, 1.807) is 6.92 Å². The van der Waals surface area contributed by atoms with E-state index in [-0.39, 0.29) is 23.6 Å². The van der Waals surface area contributed by atoms with Gasteiger partial charge >= 0.3 is 5.97 Å². The Morgan fingerprint density at radius 1 is 1.10 bits per heavy atom. The number of fused-ring (bicyclic) bond motifs is 5. The molecule has 0 aromatic carbocycles. The van der Waals surface area contributed by atoms with Gasteiger partial charge in [-0.05, 0) is 97.7 Å². The molecule has 3 nitrogen and oxygen atoms in total. The number of esters is 1. The molecule has 166 valence electrons. The smallest absolute Gasteiger partial charge is 0.302 e. The Labute approximate surface area is 178 Å². The molecule has 0 amide bonds. The van der Waals surface area contributed by atoms with Gasteiger partial charge in [-0.2, -0.15) is 0 Å². The van der Waals surface area contributed by atoms with Crippen LogP contribution in [0, 0.1) is 46.3 Å². The van der Waals surface area contributed by atoms with Crippen molar-refractivity contribution in [3.05, 3.63) is 0 Å². The lowest BCUT2D eigenvalue weighted by Crippen LogP contribution is -2.59. The molecule has 4 aliphatic rings. The van der Waals surface area contributed by atoms with Crippen LogP contribution in [0.2, 0.25) is 0 Å². The van der Waals surface area contributed by atoms with E-state index in [4.69, 9.17) is 4.74 Å². The number of aliphatic hydroxyl groups excluding tert-OH is 1. The zero-order chi connectivity index (χ0) is 21.0. The van der Waals surface area contributed by atoms with Crippen LogP contribution in [0.4, 0.5) is 0 Å². The van der Waals surface area contributed by atoms with E-state index in [0.717, 1.165) is 37.5 Å². The van der Waals surface area contributed by atoms with Crippen LogP contribution in [0.25, 0.3) is 0 Å². The van der Waals surface area contributed by atoms with Crippen LogP contribution in [-0.4, -0.2) is 23.3 Å². The summed E-state index contributed by atoms with van der Waals surface area (Å²) >= 11 is 0. The fourth-order valence-corrected chi connectivity index (χ4v) is 9.14. The lowest BCUT2D eigenvalue weighted by Gasteiger charge is -2.62. The summed E-state index contributed by atoms with van der Waals surface area (Å²) in [5.74, 6) is 4.07. The van der Waals surface area contributed by atoms with Crippen molar-refractivity contribution in [3.63, 3.8) is 0 Å². The minimum absolute atomic E-state index is 0.117. The zero-order valence-electron chi connectivity index (χ0n) is 19.5. The van der Waals surface area contributed by atoms with Gasteiger partial charge < -0.3 is 9.84 Å². The number of carbonyl (C=O) groups excluding carboxylic acids is 1. The van der Waals surface area contributed by atoms with Crippen LogP contribution in [0.1, 0.15) is 98.8 Å². The van der Waals surface area contributed by atoms with Crippen molar-refractivity contribution in [3.8, 4) is 0 Å². The SMILES string of the molecule is CCC[C@@H](C)C1CC[C@H]2[C@@H]3CC[C@@H]4C[C@H](OC(C)=O)CC[C@]4(C)[C@H]3C[C@H](O)[C@]12C. The molecule has 10 atom stereocenters. The van der Waals surface area contributed by atoms with Crippen molar-refractivity contribution in [2.24, 2.45) is 46.3 Å². The highest BCUT2D eigenvalue weighted by atomic mass is 16.5. The summed E-state index contributed by atoms with van der Waals surface area (Å²) < 4.78 is 5.60. The Kier molecular flexibility index (Phi) is 5.86. The third-order valence-corrected chi connectivity index (χ3v) is 10.6. The first-order valence-corrected chi connectivity index (χ1v) is 12.6. The number of hydrogen-bond donors (Lipinski definition) is 1. The topological polar surface area (TPSA) is 46.5 Å². The van der Waals surface area contributed by atoms with Crippen molar-refractivity contribution in [2.75, 3.05) is 0 Å².